The highest BCUT2D eigenvalue weighted by Crippen LogP contribution is 2.51. The fourth-order valence-electron chi connectivity index (χ4n) is 8.42. The Kier molecular flexibility index (Phi) is 6.23. The van der Waals surface area contributed by atoms with Crippen LogP contribution in [0.3, 0.4) is 0 Å². The molecule has 250 valence electrons. The minimum Gasteiger partial charge on any atom is -0.456 e. The molecule has 53 heavy (non-hydrogen) atoms. The lowest BCUT2D eigenvalue weighted by molar-refractivity contribution is 0.661. The molecule has 0 saturated heterocycles. The molecule has 1 aliphatic carbocycles. The number of para-hydroxylation sites is 1. The molecule has 0 atom stereocenters. The molecule has 3 heterocycles. The molecular weight excluding hydrogens is 649 g/mol. The Morgan fingerprint density at radius 1 is 0.434 bits per heavy atom. The summed E-state index contributed by atoms with van der Waals surface area (Å²) in [7, 11) is 0. The van der Waals surface area contributed by atoms with Crippen LogP contribution in [0, 0.1) is 0 Å². The van der Waals surface area contributed by atoms with Crippen molar-refractivity contribution >= 4 is 43.7 Å². The molecule has 0 amide bonds. The van der Waals surface area contributed by atoms with Crippen LogP contribution < -0.4 is 0 Å². The van der Waals surface area contributed by atoms with Crippen LogP contribution in [-0.2, 0) is 5.41 Å². The van der Waals surface area contributed by atoms with Gasteiger partial charge in [-0.2, -0.15) is 0 Å². The number of hydrogen-bond acceptors (Lipinski definition) is 4. The normalized spacial score (nSPS) is 13.2. The molecule has 0 aliphatic heterocycles. The molecule has 0 fully saturated rings. The molecule has 3 aromatic heterocycles. The van der Waals surface area contributed by atoms with E-state index < -0.39 is 0 Å². The fraction of sp³-hybridized carbons (Fsp3) is 0.0625. The van der Waals surface area contributed by atoms with E-state index >= 15 is 0 Å². The van der Waals surface area contributed by atoms with E-state index in [1.807, 2.05) is 60.7 Å². The van der Waals surface area contributed by atoms with Gasteiger partial charge in [0.25, 0.3) is 0 Å². The van der Waals surface area contributed by atoms with Gasteiger partial charge in [0.1, 0.15) is 11.2 Å². The Bertz CT molecular complexity index is 3020. The van der Waals surface area contributed by atoms with E-state index in [-0.39, 0.29) is 5.41 Å². The van der Waals surface area contributed by atoms with E-state index in [1.54, 1.807) is 0 Å². The molecule has 0 unspecified atom stereocenters. The predicted molar refractivity (Wildman–Crippen MR) is 215 cm³/mol. The molecule has 1 aliphatic rings. The van der Waals surface area contributed by atoms with Gasteiger partial charge in [-0.1, -0.05) is 123 Å². The highest BCUT2D eigenvalue weighted by atomic mass is 16.3. The highest BCUT2D eigenvalue weighted by Gasteiger charge is 2.36. The maximum Gasteiger partial charge on any atom is 0.164 e. The summed E-state index contributed by atoms with van der Waals surface area (Å²) in [5.74, 6) is 1.86. The number of furan rings is 1. The summed E-state index contributed by atoms with van der Waals surface area (Å²) in [6, 6.07) is 55.3. The lowest BCUT2D eigenvalue weighted by atomic mass is 9.82. The Morgan fingerprint density at radius 2 is 1.04 bits per heavy atom. The van der Waals surface area contributed by atoms with Crippen molar-refractivity contribution in [3.05, 3.63) is 169 Å². The maximum absolute atomic E-state index is 6.67. The zero-order chi connectivity index (χ0) is 35.3. The Hall–Kier alpha value is -6.85. The first-order valence-electron chi connectivity index (χ1n) is 18.0. The molecule has 7 aromatic carbocycles. The lowest BCUT2D eigenvalue weighted by Crippen LogP contribution is -2.14. The van der Waals surface area contributed by atoms with Gasteiger partial charge >= 0.3 is 0 Å². The quantitative estimate of drug-likeness (QED) is 0.186. The van der Waals surface area contributed by atoms with E-state index in [0.717, 1.165) is 44.3 Å². The van der Waals surface area contributed by atoms with Crippen molar-refractivity contribution < 1.29 is 4.42 Å². The zero-order valence-electron chi connectivity index (χ0n) is 29.2. The van der Waals surface area contributed by atoms with Crippen molar-refractivity contribution in [2.24, 2.45) is 0 Å². The molecule has 0 spiro atoms. The van der Waals surface area contributed by atoms with E-state index in [1.165, 1.54) is 44.1 Å². The number of rotatable bonds is 4. The summed E-state index contributed by atoms with van der Waals surface area (Å²) in [6.07, 6.45) is 0. The molecule has 0 saturated carbocycles. The van der Waals surface area contributed by atoms with Gasteiger partial charge in [-0.3, -0.25) is 0 Å². The molecule has 5 heteroatoms. The van der Waals surface area contributed by atoms with Gasteiger partial charge in [0.05, 0.1) is 11.0 Å². The zero-order valence-corrected chi connectivity index (χ0v) is 29.2. The SMILES string of the molecule is CC1(C)c2ccccc2-c2cc3c(cc21)c1ccccc1n3-c1ccc2c(c1)oc1cc(-c3nc(-c4ccccc4)nc(-c4ccccc4)n3)ccc12. The molecule has 0 bridgehead atoms. The molecule has 5 nitrogen and oxygen atoms in total. The summed E-state index contributed by atoms with van der Waals surface area (Å²) in [6.45, 7) is 4.68. The minimum atomic E-state index is -0.0666. The van der Waals surface area contributed by atoms with E-state index in [4.69, 9.17) is 19.4 Å². The second-order valence-corrected chi connectivity index (χ2v) is 14.5. The smallest absolute Gasteiger partial charge is 0.164 e. The average molecular weight is 681 g/mol. The first kappa shape index (κ1) is 29.8. The van der Waals surface area contributed by atoms with Gasteiger partial charge in [0.15, 0.2) is 17.5 Å². The van der Waals surface area contributed by atoms with Crippen molar-refractivity contribution in [2.75, 3.05) is 0 Å². The number of aromatic nitrogens is 4. The average Bonchev–Trinajstić information content (AvgIpc) is 3.82. The maximum atomic E-state index is 6.67. The van der Waals surface area contributed by atoms with E-state index in [9.17, 15) is 0 Å². The Morgan fingerprint density at radius 3 is 1.77 bits per heavy atom. The van der Waals surface area contributed by atoms with Crippen LogP contribution in [0.5, 0.6) is 0 Å². The third-order valence-electron chi connectivity index (χ3n) is 11.0. The highest BCUT2D eigenvalue weighted by molar-refractivity contribution is 6.12. The van der Waals surface area contributed by atoms with Crippen molar-refractivity contribution in [1.29, 1.82) is 0 Å². The van der Waals surface area contributed by atoms with Gasteiger partial charge in [-0.05, 0) is 64.7 Å². The fourth-order valence-corrected chi connectivity index (χ4v) is 8.42. The standard InChI is InChI=1S/C48H32N4O/c1-48(2)39-19-11-9-17-33(39)37-28-42-38(27-40(37)48)34-18-10-12-20-41(34)52(42)32-22-24-36-35-23-21-31(25-43(35)53-44(36)26-32)47-50-45(29-13-5-3-6-14-29)49-46(51-47)30-15-7-4-8-16-30/h3-28H,1-2H3. The van der Waals surface area contributed by atoms with Crippen molar-refractivity contribution in [3.8, 4) is 51.0 Å². The van der Waals surface area contributed by atoms with Crippen LogP contribution >= 0.6 is 0 Å². The molecule has 11 rings (SSSR count). The summed E-state index contributed by atoms with van der Waals surface area (Å²) < 4.78 is 9.06. The van der Waals surface area contributed by atoms with Crippen LogP contribution in [0.15, 0.2) is 162 Å². The van der Waals surface area contributed by atoms with Gasteiger partial charge in [-0.15, -0.1) is 0 Å². The first-order chi connectivity index (χ1) is 26.0. The number of fused-ring (bicyclic) bond motifs is 9. The predicted octanol–water partition coefficient (Wildman–Crippen LogP) is 12.2. The van der Waals surface area contributed by atoms with Gasteiger partial charge in [0.2, 0.25) is 0 Å². The first-order valence-corrected chi connectivity index (χ1v) is 18.0. The topological polar surface area (TPSA) is 56.7 Å². The second-order valence-electron chi connectivity index (χ2n) is 14.5. The van der Waals surface area contributed by atoms with Gasteiger partial charge < -0.3 is 8.98 Å². The monoisotopic (exact) mass is 680 g/mol. The van der Waals surface area contributed by atoms with Crippen molar-refractivity contribution in [1.82, 2.24) is 19.5 Å². The molecular formula is C48H32N4O. The minimum absolute atomic E-state index is 0.0666. The number of hydrogen-bond donors (Lipinski definition) is 0. The molecule has 10 aromatic rings. The van der Waals surface area contributed by atoms with E-state index in [2.05, 4.69) is 115 Å². The van der Waals surface area contributed by atoms with Gasteiger partial charge in [-0.25, -0.2) is 15.0 Å². The van der Waals surface area contributed by atoms with Gasteiger partial charge in [0, 0.05) is 55.4 Å². The van der Waals surface area contributed by atoms with Crippen LogP contribution in [0.2, 0.25) is 0 Å². The largest absolute Gasteiger partial charge is 0.456 e. The molecule has 0 N–H and O–H groups in total. The Labute approximate surface area is 305 Å². The van der Waals surface area contributed by atoms with Crippen LogP contribution in [0.4, 0.5) is 0 Å². The Balaban J connectivity index is 1.07. The number of nitrogens with zero attached hydrogens (tertiary/aromatic N) is 4. The second kappa shape index (κ2) is 11.1. The van der Waals surface area contributed by atoms with E-state index in [0.29, 0.717) is 17.5 Å². The van der Waals surface area contributed by atoms with Crippen LogP contribution in [0.25, 0.3) is 94.7 Å². The van der Waals surface area contributed by atoms with Crippen LogP contribution in [-0.4, -0.2) is 19.5 Å². The third-order valence-corrected chi connectivity index (χ3v) is 11.0. The third kappa shape index (κ3) is 4.47. The summed E-state index contributed by atoms with van der Waals surface area (Å²) in [5, 5.41) is 4.62. The van der Waals surface area contributed by atoms with Crippen molar-refractivity contribution in [2.45, 2.75) is 19.3 Å². The lowest BCUT2D eigenvalue weighted by Gasteiger charge is -2.21. The number of benzene rings is 7. The van der Waals surface area contributed by atoms with Crippen LogP contribution in [0.1, 0.15) is 25.0 Å². The molecule has 0 radical (unpaired) electrons. The summed E-state index contributed by atoms with van der Waals surface area (Å²) in [5.41, 5.74) is 13.1. The summed E-state index contributed by atoms with van der Waals surface area (Å²) >= 11 is 0. The summed E-state index contributed by atoms with van der Waals surface area (Å²) in [4.78, 5) is 14.8. The van der Waals surface area contributed by atoms with Crippen molar-refractivity contribution in [3.63, 3.8) is 0 Å².